The van der Waals surface area contributed by atoms with Crippen LogP contribution in [0.3, 0.4) is 0 Å². The first-order chi connectivity index (χ1) is 10.2. The molecule has 2 aromatic rings. The van der Waals surface area contributed by atoms with E-state index in [0.717, 1.165) is 0 Å². The third-order valence-electron chi connectivity index (χ3n) is 2.81. The highest BCUT2D eigenvalue weighted by Crippen LogP contribution is 2.33. The van der Waals surface area contributed by atoms with Crippen LogP contribution >= 0.6 is 15.9 Å². The number of nitrogens with two attached hydrogens (primary N) is 1. The van der Waals surface area contributed by atoms with E-state index in [1.54, 1.807) is 39.1 Å². The van der Waals surface area contributed by atoms with Gasteiger partial charge >= 0.3 is 5.97 Å². The molecular formula is C16H16BrFN2O2. The lowest BCUT2D eigenvalue weighted by Crippen LogP contribution is -2.24. The summed E-state index contributed by atoms with van der Waals surface area (Å²) in [4.78, 5) is 15.9. The number of nitrogens with zero attached hydrogens (tertiary/aromatic N) is 1. The molecule has 4 nitrogen and oxygen atoms in total. The molecule has 0 aliphatic rings. The second-order valence-corrected chi connectivity index (χ2v) is 6.60. The van der Waals surface area contributed by atoms with E-state index in [-0.39, 0.29) is 11.4 Å². The topological polar surface area (TPSA) is 65.2 Å². The number of hydrogen-bond acceptors (Lipinski definition) is 4. The maximum atomic E-state index is 14.2. The van der Waals surface area contributed by atoms with Crippen molar-refractivity contribution in [1.29, 1.82) is 0 Å². The molecule has 1 aromatic heterocycles. The maximum Gasteiger partial charge on any atom is 0.341 e. The molecule has 2 N–H and O–H groups in total. The molecule has 6 heteroatoms. The van der Waals surface area contributed by atoms with E-state index < -0.39 is 17.4 Å². The summed E-state index contributed by atoms with van der Waals surface area (Å²) in [6, 6.07) is 5.96. The van der Waals surface area contributed by atoms with E-state index in [9.17, 15) is 9.18 Å². The van der Waals surface area contributed by atoms with Crippen molar-refractivity contribution in [2.24, 2.45) is 0 Å². The van der Waals surface area contributed by atoms with Gasteiger partial charge in [0.15, 0.2) is 0 Å². The molecule has 0 atom stereocenters. The largest absolute Gasteiger partial charge is 0.456 e. The van der Waals surface area contributed by atoms with Gasteiger partial charge in [-0.2, -0.15) is 0 Å². The van der Waals surface area contributed by atoms with Crippen LogP contribution in [0.15, 0.2) is 34.9 Å². The van der Waals surface area contributed by atoms with Crippen molar-refractivity contribution in [3.63, 3.8) is 0 Å². The number of ether oxygens (including phenoxy) is 1. The molecule has 0 bridgehead atoms. The number of pyridine rings is 1. The Balaban J connectivity index is 2.41. The van der Waals surface area contributed by atoms with E-state index in [4.69, 9.17) is 10.5 Å². The van der Waals surface area contributed by atoms with Crippen molar-refractivity contribution in [2.75, 3.05) is 5.73 Å². The van der Waals surface area contributed by atoms with Gasteiger partial charge in [0.1, 0.15) is 17.2 Å². The minimum atomic E-state index is -0.699. The number of carbonyl (C=O) groups excluding carboxylic acids is 1. The Morgan fingerprint density at radius 2 is 2.00 bits per heavy atom. The third kappa shape index (κ3) is 3.62. The van der Waals surface area contributed by atoms with Gasteiger partial charge in [-0.05, 0) is 60.5 Å². The van der Waals surface area contributed by atoms with Crippen LogP contribution in [0.4, 0.5) is 10.2 Å². The van der Waals surface area contributed by atoms with Gasteiger partial charge in [-0.15, -0.1) is 0 Å². The lowest BCUT2D eigenvalue weighted by atomic mass is 10.0. The molecule has 0 radical (unpaired) electrons. The fourth-order valence-electron chi connectivity index (χ4n) is 1.91. The number of anilines is 1. The highest BCUT2D eigenvalue weighted by atomic mass is 79.9. The molecule has 0 spiro atoms. The van der Waals surface area contributed by atoms with Gasteiger partial charge in [-0.25, -0.2) is 14.2 Å². The van der Waals surface area contributed by atoms with Crippen molar-refractivity contribution in [3.05, 3.63) is 46.3 Å². The van der Waals surface area contributed by atoms with Crippen LogP contribution in [-0.2, 0) is 4.74 Å². The van der Waals surface area contributed by atoms with Gasteiger partial charge in [0, 0.05) is 16.2 Å². The van der Waals surface area contributed by atoms with Gasteiger partial charge < -0.3 is 10.5 Å². The third-order valence-corrected chi connectivity index (χ3v) is 3.47. The first-order valence-electron chi connectivity index (χ1n) is 6.62. The van der Waals surface area contributed by atoms with Crippen molar-refractivity contribution in [1.82, 2.24) is 4.98 Å². The molecule has 0 amide bonds. The number of rotatable bonds is 2. The minimum absolute atomic E-state index is 0.114. The van der Waals surface area contributed by atoms with Crippen LogP contribution in [0.1, 0.15) is 31.1 Å². The summed E-state index contributed by atoms with van der Waals surface area (Å²) in [5, 5.41) is 0. The van der Waals surface area contributed by atoms with Crippen LogP contribution < -0.4 is 5.73 Å². The minimum Gasteiger partial charge on any atom is -0.456 e. The molecule has 0 saturated heterocycles. The molecule has 1 heterocycles. The second kappa shape index (κ2) is 6.04. The van der Waals surface area contributed by atoms with E-state index in [2.05, 4.69) is 20.9 Å². The number of benzene rings is 1. The van der Waals surface area contributed by atoms with E-state index in [1.165, 1.54) is 12.1 Å². The quantitative estimate of drug-likeness (QED) is 0.809. The molecule has 22 heavy (non-hydrogen) atoms. The fraction of sp³-hybridized carbons (Fsp3) is 0.250. The van der Waals surface area contributed by atoms with Crippen LogP contribution in [-0.4, -0.2) is 16.6 Å². The fourth-order valence-corrected chi connectivity index (χ4v) is 2.46. The highest BCUT2D eigenvalue weighted by Gasteiger charge is 2.21. The number of aromatic nitrogens is 1. The zero-order chi connectivity index (χ0) is 16.5. The van der Waals surface area contributed by atoms with E-state index >= 15 is 0 Å². The average molecular weight is 367 g/mol. The lowest BCUT2D eigenvalue weighted by Gasteiger charge is -2.19. The summed E-state index contributed by atoms with van der Waals surface area (Å²) in [6.45, 7) is 5.18. The van der Waals surface area contributed by atoms with Crippen LogP contribution in [0, 0.1) is 5.82 Å². The van der Waals surface area contributed by atoms with Gasteiger partial charge in [0.2, 0.25) is 0 Å². The number of nitrogen functional groups attached to an aromatic ring is 1. The SMILES string of the molecule is CC(C)(C)OC(=O)c1ccc(-c2c(Br)ccnc2N)cc1F. The summed E-state index contributed by atoms with van der Waals surface area (Å²) in [5.74, 6) is -1.09. The van der Waals surface area contributed by atoms with Crippen LogP contribution in [0.5, 0.6) is 0 Å². The first-order valence-corrected chi connectivity index (χ1v) is 7.41. The summed E-state index contributed by atoms with van der Waals surface area (Å²) in [5.41, 5.74) is 6.14. The van der Waals surface area contributed by atoms with Crippen LogP contribution in [0.2, 0.25) is 0 Å². The van der Waals surface area contributed by atoms with Crippen molar-refractivity contribution < 1.29 is 13.9 Å². The molecule has 0 aliphatic carbocycles. The Kier molecular flexibility index (Phi) is 4.51. The number of carbonyl (C=O) groups is 1. The number of esters is 1. The Labute approximate surface area is 136 Å². The zero-order valence-electron chi connectivity index (χ0n) is 12.5. The average Bonchev–Trinajstić information content (AvgIpc) is 2.36. The Morgan fingerprint density at radius 1 is 1.32 bits per heavy atom. The molecule has 1 aromatic carbocycles. The zero-order valence-corrected chi connectivity index (χ0v) is 14.1. The smallest absolute Gasteiger partial charge is 0.341 e. The molecular weight excluding hydrogens is 351 g/mol. The predicted molar refractivity (Wildman–Crippen MR) is 86.9 cm³/mol. The Morgan fingerprint density at radius 3 is 2.55 bits per heavy atom. The van der Waals surface area contributed by atoms with E-state index in [0.29, 0.717) is 15.6 Å². The normalized spacial score (nSPS) is 11.3. The summed E-state index contributed by atoms with van der Waals surface area (Å²) >= 11 is 3.36. The van der Waals surface area contributed by atoms with E-state index in [1.807, 2.05) is 0 Å². The van der Waals surface area contributed by atoms with Crippen molar-refractivity contribution in [3.8, 4) is 11.1 Å². The standard InChI is InChI=1S/C16H16BrFN2O2/c1-16(2,3)22-15(21)10-5-4-9(8-12(10)18)13-11(17)6-7-20-14(13)19/h4-8H,1-3H3,(H2,19,20). The van der Waals surface area contributed by atoms with Crippen molar-refractivity contribution in [2.45, 2.75) is 26.4 Å². The first kappa shape index (κ1) is 16.4. The van der Waals surface area contributed by atoms with Crippen LogP contribution in [0.25, 0.3) is 11.1 Å². The number of halogens is 2. The highest BCUT2D eigenvalue weighted by molar-refractivity contribution is 9.10. The van der Waals surface area contributed by atoms with Gasteiger partial charge in [0.25, 0.3) is 0 Å². The molecule has 0 fully saturated rings. The molecule has 0 aliphatic heterocycles. The van der Waals surface area contributed by atoms with Crippen molar-refractivity contribution >= 4 is 27.7 Å². The maximum absolute atomic E-state index is 14.2. The predicted octanol–water partition coefficient (Wildman–Crippen LogP) is 4.19. The molecule has 116 valence electrons. The molecule has 2 rings (SSSR count). The Hall–Kier alpha value is -1.95. The molecule has 0 unspecified atom stereocenters. The molecule has 0 saturated carbocycles. The second-order valence-electron chi connectivity index (χ2n) is 5.75. The summed E-state index contributed by atoms with van der Waals surface area (Å²) in [7, 11) is 0. The lowest BCUT2D eigenvalue weighted by molar-refractivity contribution is 0.00648. The van der Waals surface area contributed by atoms with Gasteiger partial charge in [0.05, 0.1) is 5.56 Å². The van der Waals surface area contributed by atoms with Gasteiger partial charge in [-0.1, -0.05) is 6.07 Å². The van der Waals surface area contributed by atoms with Gasteiger partial charge in [-0.3, -0.25) is 0 Å². The summed E-state index contributed by atoms with van der Waals surface area (Å²) < 4.78 is 20.1. The monoisotopic (exact) mass is 366 g/mol. The Bertz CT molecular complexity index is 706. The number of hydrogen-bond donors (Lipinski definition) is 1. The summed E-state index contributed by atoms with van der Waals surface area (Å²) in [6.07, 6.45) is 1.55.